The van der Waals surface area contributed by atoms with Crippen molar-refractivity contribution < 1.29 is 47.5 Å². The van der Waals surface area contributed by atoms with Crippen molar-refractivity contribution in [2.45, 2.75) is 257 Å². The molecule has 0 saturated carbocycles. The van der Waals surface area contributed by atoms with E-state index < -0.39 is 51.1 Å². The lowest BCUT2D eigenvalue weighted by molar-refractivity contribution is -0.161. The topological polar surface area (TPSA) is 172 Å². The second-order valence-electron chi connectivity index (χ2n) is 17.0. The predicted octanol–water partition coefficient (Wildman–Crippen LogP) is 13.6. The van der Waals surface area contributed by atoms with Crippen molar-refractivity contribution >= 4 is 25.7 Å². The highest BCUT2D eigenvalue weighted by Gasteiger charge is 2.28. The summed E-state index contributed by atoms with van der Waals surface area (Å²) >= 11 is 0. The number of phosphoric acid groups is 1. The fourth-order valence-corrected chi connectivity index (χ4v) is 8.06. The molecule has 4 N–H and O–H groups in total. The minimum atomic E-state index is -4.71. The predicted molar refractivity (Wildman–Crippen MR) is 245 cm³/mol. The summed E-state index contributed by atoms with van der Waals surface area (Å²) in [5, 5.41) is 8.91. The van der Waals surface area contributed by atoms with E-state index in [-0.39, 0.29) is 19.4 Å². The van der Waals surface area contributed by atoms with Crippen LogP contribution in [0.2, 0.25) is 0 Å². The van der Waals surface area contributed by atoms with E-state index in [9.17, 15) is 23.8 Å². The molecule has 60 heavy (non-hydrogen) atoms. The Morgan fingerprint density at radius 1 is 0.533 bits per heavy atom. The number of nitrogens with two attached hydrogens (primary N) is 1. The van der Waals surface area contributed by atoms with Gasteiger partial charge >= 0.3 is 25.7 Å². The highest BCUT2D eigenvalue weighted by Crippen LogP contribution is 2.43. The fraction of sp³-hybridized carbons (Fsp3) is 0.896. The Bertz CT molecular complexity index is 1060. The Hall–Kier alpha value is -1.78. The lowest BCUT2D eigenvalue weighted by Gasteiger charge is -2.20. The number of hydrogen-bond acceptors (Lipinski definition) is 9. The molecular weight excluding hydrogens is 781 g/mol. The van der Waals surface area contributed by atoms with E-state index in [4.69, 9.17) is 24.8 Å². The van der Waals surface area contributed by atoms with E-state index in [2.05, 4.69) is 18.0 Å². The highest BCUT2D eigenvalue weighted by atomic mass is 31.2. The van der Waals surface area contributed by atoms with Crippen molar-refractivity contribution in [1.82, 2.24) is 0 Å². The summed E-state index contributed by atoms with van der Waals surface area (Å²) in [6.45, 7) is 4.37. The van der Waals surface area contributed by atoms with Gasteiger partial charge in [0.25, 0.3) is 0 Å². The van der Waals surface area contributed by atoms with Gasteiger partial charge in [0, 0.05) is 12.8 Å². The maximum atomic E-state index is 12.7. The molecule has 0 aromatic carbocycles. The molecule has 0 fully saturated rings. The number of carboxylic acid groups (broad SMARTS) is 1. The SMILES string of the molecule is C=CCCCCCCCCCCCCCCCC(=O)OC[C@@H](COP(=O)(O)OC[C@H](N)C(=O)O)OC(=O)CCCCCCCCCCCCCCCCCCCCCCC. The number of ether oxygens (including phenoxy) is 2. The van der Waals surface area contributed by atoms with Crippen LogP contribution in [0.15, 0.2) is 12.7 Å². The first-order valence-electron chi connectivity index (χ1n) is 24.7. The van der Waals surface area contributed by atoms with Gasteiger partial charge in [0.15, 0.2) is 6.10 Å². The lowest BCUT2D eigenvalue weighted by atomic mass is 10.0. The standard InChI is InChI=1S/C48H92NO10P/c1-3-5-7-9-11-13-15-17-19-20-21-22-23-24-26-28-30-32-34-36-38-40-47(51)59-44(42-57-60(54,55)58-43-45(49)48(52)53)41-56-46(50)39-37-35-33-31-29-27-25-18-16-14-12-10-8-6-4-2/h4,44-45H,2-3,5-43,49H2,1H3,(H,52,53)(H,54,55)/t44-,45-/m0/s1. The number of rotatable bonds is 48. The molecule has 354 valence electrons. The van der Waals surface area contributed by atoms with E-state index in [0.717, 1.165) is 44.9 Å². The summed E-state index contributed by atoms with van der Waals surface area (Å²) in [6, 6.07) is -1.52. The van der Waals surface area contributed by atoms with Crippen molar-refractivity contribution in [3.8, 4) is 0 Å². The summed E-state index contributed by atoms with van der Waals surface area (Å²) in [7, 11) is -4.71. The Kier molecular flexibility index (Phi) is 42.6. The first-order chi connectivity index (χ1) is 29.1. The Balaban J connectivity index is 4.20. The molecule has 11 nitrogen and oxygen atoms in total. The van der Waals surface area contributed by atoms with Crippen LogP contribution in [0.4, 0.5) is 0 Å². The van der Waals surface area contributed by atoms with Crippen LogP contribution in [0.3, 0.4) is 0 Å². The molecule has 0 aromatic heterocycles. The first-order valence-corrected chi connectivity index (χ1v) is 26.2. The van der Waals surface area contributed by atoms with Gasteiger partial charge in [0.2, 0.25) is 0 Å². The minimum absolute atomic E-state index is 0.167. The van der Waals surface area contributed by atoms with Gasteiger partial charge in [-0.3, -0.25) is 23.4 Å². The van der Waals surface area contributed by atoms with Crippen molar-refractivity contribution in [3.63, 3.8) is 0 Å². The number of carboxylic acids is 1. The van der Waals surface area contributed by atoms with Gasteiger partial charge < -0.3 is 25.2 Å². The van der Waals surface area contributed by atoms with Gasteiger partial charge in [-0.2, -0.15) is 0 Å². The number of hydrogen-bond donors (Lipinski definition) is 3. The number of allylic oxidation sites excluding steroid dienone is 1. The highest BCUT2D eigenvalue weighted by molar-refractivity contribution is 7.47. The molecular formula is C48H92NO10P. The minimum Gasteiger partial charge on any atom is -0.480 e. The van der Waals surface area contributed by atoms with E-state index in [1.807, 2.05) is 6.08 Å². The average Bonchev–Trinajstić information content (AvgIpc) is 3.22. The number of aliphatic carboxylic acids is 1. The van der Waals surface area contributed by atoms with Gasteiger partial charge in [-0.25, -0.2) is 4.57 Å². The van der Waals surface area contributed by atoms with Gasteiger partial charge in [0.1, 0.15) is 12.6 Å². The number of phosphoric ester groups is 1. The van der Waals surface area contributed by atoms with Crippen LogP contribution in [-0.2, 0) is 37.5 Å². The third-order valence-electron chi connectivity index (χ3n) is 11.2. The normalized spacial score (nSPS) is 13.4. The molecule has 0 heterocycles. The van der Waals surface area contributed by atoms with Crippen LogP contribution in [0.1, 0.15) is 244 Å². The maximum Gasteiger partial charge on any atom is 0.472 e. The zero-order valence-electron chi connectivity index (χ0n) is 38.4. The molecule has 0 radical (unpaired) electrons. The molecule has 12 heteroatoms. The van der Waals surface area contributed by atoms with E-state index in [1.165, 1.54) is 167 Å². The van der Waals surface area contributed by atoms with Crippen LogP contribution in [0, 0.1) is 0 Å². The molecule has 0 aliphatic rings. The fourth-order valence-electron chi connectivity index (χ4n) is 7.28. The van der Waals surface area contributed by atoms with Gasteiger partial charge in [-0.05, 0) is 25.7 Å². The number of carbonyl (C=O) groups is 3. The second-order valence-corrected chi connectivity index (χ2v) is 18.5. The Morgan fingerprint density at radius 2 is 0.867 bits per heavy atom. The monoisotopic (exact) mass is 874 g/mol. The molecule has 0 spiro atoms. The summed E-state index contributed by atoms with van der Waals surface area (Å²) in [5.41, 5.74) is 5.35. The van der Waals surface area contributed by atoms with Crippen molar-refractivity contribution in [1.29, 1.82) is 0 Å². The summed E-state index contributed by atoms with van der Waals surface area (Å²) in [4.78, 5) is 46.1. The largest absolute Gasteiger partial charge is 0.480 e. The maximum absolute atomic E-state index is 12.7. The molecule has 0 amide bonds. The van der Waals surface area contributed by atoms with Crippen molar-refractivity contribution in [2.24, 2.45) is 5.73 Å². The first kappa shape index (κ1) is 58.2. The van der Waals surface area contributed by atoms with Gasteiger partial charge in [0.05, 0.1) is 13.2 Å². The van der Waals surface area contributed by atoms with Crippen molar-refractivity contribution in [3.05, 3.63) is 12.7 Å². The second kappa shape index (κ2) is 43.9. The van der Waals surface area contributed by atoms with Gasteiger partial charge in [-0.1, -0.05) is 212 Å². The van der Waals surface area contributed by atoms with Crippen LogP contribution < -0.4 is 5.73 Å². The molecule has 0 aliphatic heterocycles. The van der Waals surface area contributed by atoms with Crippen LogP contribution in [-0.4, -0.2) is 59.9 Å². The molecule has 0 aromatic rings. The van der Waals surface area contributed by atoms with Crippen LogP contribution in [0.25, 0.3) is 0 Å². The lowest BCUT2D eigenvalue weighted by Crippen LogP contribution is -2.34. The smallest absolute Gasteiger partial charge is 0.472 e. The average molecular weight is 874 g/mol. The molecule has 0 rings (SSSR count). The number of unbranched alkanes of at least 4 members (excludes halogenated alkanes) is 33. The number of esters is 2. The molecule has 0 aliphatic carbocycles. The van der Waals surface area contributed by atoms with E-state index in [0.29, 0.717) is 12.8 Å². The van der Waals surface area contributed by atoms with Crippen LogP contribution >= 0.6 is 7.82 Å². The summed E-state index contributed by atoms with van der Waals surface area (Å²) in [5.74, 6) is -2.36. The zero-order chi connectivity index (χ0) is 44.2. The molecule has 1 unspecified atom stereocenters. The molecule has 0 bridgehead atoms. The molecule has 3 atom stereocenters. The third kappa shape index (κ3) is 42.9. The number of carbonyl (C=O) groups excluding carboxylic acids is 2. The van der Waals surface area contributed by atoms with Gasteiger partial charge in [-0.15, -0.1) is 6.58 Å². The zero-order valence-corrected chi connectivity index (χ0v) is 39.3. The van der Waals surface area contributed by atoms with E-state index >= 15 is 0 Å². The Labute approximate surface area is 367 Å². The summed E-state index contributed by atoms with van der Waals surface area (Å²) in [6.07, 6.45) is 44.5. The molecule has 0 saturated heterocycles. The Morgan fingerprint density at radius 3 is 1.23 bits per heavy atom. The third-order valence-corrected chi connectivity index (χ3v) is 12.1. The van der Waals surface area contributed by atoms with E-state index in [1.54, 1.807) is 0 Å². The quantitative estimate of drug-likeness (QED) is 0.0230. The van der Waals surface area contributed by atoms with Crippen molar-refractivity contribution in [2.75, 3.05) is 19.8 Å². The summed E-state index contributed by atoms with van der Waals surface area (Å²) < 4.78 is 32.8. The van der Waals surface area contributed by atoms with Crippen LogP contribution in [0.5, 0.6) is 0 Å².